The van der Waals surface area contributed by atoms with Gasteiger partial charge in [-0.25, -0.2) is 13.2 Å². The van der Waals surface area contributed by atoms with Crippen LogP contribution in [0.5, 0.6) is 0 Å². The summed E-state index contributed by atoms with van der Waals surface area (Å²) in [6.45, 7) is -5.41. The second kappa shape index (κ2) is 3.51. The van der Waals surface area contributed by atoms with Gasteiger partial charge in [0.1, 0.15) is 11.5 Å². The molecule has 0 fully saturated rings. The van der Waals surface area contributed by atoms with E-state index in [9.17, 15) is 26.1 Å². The molecule has 0 radical (unpaired) electrons. The van der Waals surface area contributed by atoms with E-state index in [1.54, 1.807) is 0 Å². The first-order chi connectivity index (χ1) is 6.32. The van der Waals surface area contributed by atoms with Crippen molar-refractivity contribution in [2.75, 3.05) is 0 Å². The molecule has 1 nitrogen and oxygen atoms in total. The van der Waals surface area contributed by atoms with E-state index in [-0.39, 0.29) is 12.3 Å². The van der Waals surface area contributed by atoms with Crippen LogP contribution in [0.4, 0.5) is 26.1 Å². The number of alkyl halides is 2. The molecule has 0 aliphatic rings. The molecule has 14 heavy (non-hydrogen) atoms. The molecule has 0 unspecified atom stereocenters. The third-order valence-corrected chi connectivity index (χ3v) is 1.48. The maximum absolute atomic E-state index is 12.6. The fraction of sp³-hybridized carbons (Fsp3) is 0.167. The molecule has 1 rings (SSSR count). The first-order valence-electron chi connectivity index (χ1n) is 3.46. The van der Waals surface area contributed by atoms with Crippen LogP contribution < -0.4 is 5.46 Å². The second-order valence-corrected chi connectivity index (χ2v) is 2.51. The van der Waals surface area contributed by atoms with Crippen LogP contribution in [0.25, 0.3) is 0 Å². The summed E-state index contributed by atoms with van der Waals surface area (Å²) in [6.07, 6.45) is -3.02. The fourth-order valence-electron chi connectivity index (χ4n) is 0.803. The number of aromatic nitrogens is 1. The predicted octanol–water partition coefficient (Wildman–Crippen LogP) is 2.21. The average Bonchev–Trinajstić information content (AvgIpc) is 2.01. The number of hydrogen-bond donors (Lipinski definition) is 0. The van der Waals surface area contributed by atoms with Gasteiger partial charge in [-0.3, -0.25) is 4.98 Å². The van der Waals surface area contributed by atoms with Crippen LogP contribution in [-0.2, 0) is 0 Å². The largest absolute Gasteiger partial charge is 0.511 e. The molecule has 0 spiro atoms. The quantitative estimate of drug-likeness (QED) is 0.543. The normalized spacial score (nSPS) is 12.2. The molecule has 1 aromatic rings. The highest BCUT2D eigenvalue weighted by atomic mass is 19.4. The Morgan fingerprint density at radius 1 is 1.21 bits per heavy atom. The molecular formula is C6H3BF6N-. The third kappa shape index (κ3) is 2.18. The monoisotopic (exact) mass is 214 g/mol. The number of halogens is 6. The van der Waals surface area contributed by atoms with E-state index in [0.29, 0.717) is 0 Å². The van der Waals surface area contributed by atoms with Gasteiger partial charge < -0.3 is 12.9 Å². The summed E-state index contributed by atoms with van der Waals surface area (Å²) >= 11 is 0. The maximum Gasteiger partial charge on any atom is 0.511 e. The van der Waals surface area contributed by atoms with Crippen LogP contribution >= 0.6 is 0 Å². The van der Waals surface area contributed by atoms with Crippen molar-refractivity contribution < 1.29 is 26.1 Å². The second-order valence-electron chi connectivity index (χ2n) is 2.51. The topological polar surface area (TPSA) is 12.9 Å². The molecule has 78 valence electrons. The van der Waals surface area contributed by atoms with Gasteiger partial charge in [0, 0.05) is 6.20 Å². The maximum atomic E-state index is 12.6. The van der Waals surface area contributed by atoms with Crippen LogP contribution in [0.15, 0.2) is 12.3 Å². The van der Waals surface area contributed by atoms with Crippen molar-refractivity contribution in [2.24, 2.45) is 0 Å². The minimum absolute atomic E-state index is 0.0223. The third-order valence-electron chi connectivity index (χ3n) is 1.48. The summed E-state index contributed by atoms with van der Waals surface area (Å²) in [4.78, 5) is 2.71. The Balaban J connectivity index is 3.13. The van der Waals surface area contributed by atoms with E-state index in [0.717, 1.165) is 0 Å². The molecule has 0 bridgehead atoms. The highest BCUT2D eigenvalue weighted by Crippen LogP contribution is 2.19. The first kappa shape index (κ1) is 10.9. The van der Waals surface area contributed by atoms with Crippen molar-refractivity contribution in [2.45, 2.75) is 6.43 Å². The zero-order valence-electron chi connectivity index (χ0n) is 6.52. The standard InChI is InChI=1S/C6H3BF6N/c8-4-1-3(7(11,12)13)2-14-5(4)6(9)10/h1-2,6H/q-1. The molecule has 0 aromatic carbocycles. The lowest BCUT2D eigenvalue weighted by atomic mass is 9.81. The SMILES string of the molecule is Fc1cc([B-](F)(F)F)cnc1C(F)F. The summed E-state index contributed by atoms with van der Waals surface area (Å²) in [6, 6.07) is 0.0223. The number of rotatable bonds is 2. The summed E-state index contributed by atoms with van der Waals surface area (Å²) in [5.41, 5.74) is -2.60. The Morgan fingerprint density at radius 3 is 2.14 bits per heavy atom. The minimum atomic E-state index is -5.41. The van der Waals surface area contributed by atoms with E-state index >= 15 is 0 Å². The molecule has 1 heterocycles. The van der Waals surface area contributed by atoms with E-state index < -0.39 is 30.4 Å². The highest BCUT2D eigenvalue weighted by Gasteiger charge is 2.28. The van der Waals surface area contributed by atoms with Gasteiger partial charge in [0.2, 0.25) is 0 Å². The summed E-state index contributed by atoms with van der Waals surface area (Å²) in [5, 5.41) is 0. The Hall–Kier alpha value is -1.21. The zero-order chi connectivity index (χ0) is 10.9. The van der Waals surface area contributed by atoms with E-state index in [4.69, 9.17) is 0 Å². The van der Waals surface area contributed by atoms with Gasteiger partial charge >= 0.3 is 6.98 Å². The smallest absolute Gasteiger partial charge is 0.445 e. The Labute approximate surface area is 74.8 Å². The number of nitrogens with zero attached hydrogens (tertiary/aromatic N) is 1. The first-order valence-corrected chi connectivity index (χ1v) is 3.46. The van der Waals surface area contributed by atoms with Crippen LogP contribution in [-0.4, -0.2) is 12.0 Å². The van der Waals surface area contributed by atoms with E-state index in [1.165, 1.54) is 0 Å². The lowest BCUT2D eigenvalue weighted by molar-refractivity contribution is 0.140. The van der Waals surface area contributed by atoms with Crippen molar-refractivity contribution in [3.05, 3.63) is 23.8 Å². The molecular weight excluding hydrogens is 211 g/mol. The molecule has 0 amide bonds. The van der Waals surface area contributed by atoms with Crippen molar-refractivity contribution in [3.8, 4) is 0 Å². The van der Waals surface area contributed by atoms with Crippen molar-refractivity contribution in [3.63, 3.8) is 0 Å². The highest BCUT2D eigenvalue weighted by molar-refractivity contribution is 6.73. The summed E-state index contributed by atoms with van der Waals surface area (Å²) in [5.74, 6) is -1.64. The average molecular weight is 214 g/mol. The van der Waals surface area contributed by atoms with Crippen molar-refractivity contribution in [1.29, 1.82) is 0 Å². The fourth-order valence-corrected chi connectivity index (χ4v) is 0.803. The lowest BCUT2D eigenvalue weighted by Crippen LogP contribution is -2.35. The van der Waals surface area contributed by atoms with Gasteiger partial charge in [0.05, 0.1) is 0 Å². The van der Waals surface area contributed by atoms with Gasteiger partial charge in [0.25, 0.3) is 6.43 Å². The summed E-state index contributed by atoms with van der Waals surface area (Å²) in [7, 11) is 0. The van der Waals surface area contributed by atoms with Crippen LogP contribution in [0, 0.1) is 5.82 Å². The Morgan fingerprint density at radius 2 is 1.79 bits per heavy atom. The number of hydrogen-bond acceptors (Lipinski definition) is 1. The van der Waals surface area contributed by atoms with Gasteiger partial charge in [-0.15, -0.1) is 0 Å². The molecule has 0 aliphatic carbocycles. The molecule has 0 atom stereocenters. The molecule has 1 aromatic heterocycles. The Bertz CT molecular complexity index is 336. The molecule has 8 heteroatoms. The van der Waals surface area contributed by atoms with Gasteiger partial charge in [0.15, 0.2) is 0 Å². The van der Waals surface area contributed by atoms with Gasteiger partial charge in [-0.1, -0.05) is 5.46 Å². The minimum Gasteiger partial charge on any atom is -0.445 e. The zero-order valence-corrected chi connectivity index (χ0v) is 6.52. The van der Waals surface area contributed by atoms with Gasteiger partial charge in [-0.2, -0.15) is 0 Å². The van der Waals surface area contributed by atoms with Crippen LogP contribution in [0.1, 0.15) is 12.1 Å². The van der Waals surface area contributed by atoms with Crippen LogP contribution in [0.3, 0.4) is 0 Å². The van der Waals surface area contributed by atoms with Crippen molar-refractivity contribution in [1.82, 2.24) is 4.98 Å². The lowest BCUT2D eigenvalue weighted by Gasteiger charge is -2.14. The Kier molecular flexibility index (Phi) is 2.72. The van der Waals surface area contributed by atoms with E-state index in [1.807, 2.05) is 0 Å². The molecule has 0 aliphatic heterocycles. The van der Waals surface area contributed by atoms with E-state index in [2.05, 4.69) is 4.98 Å². The van der Waals surface area contributed by atoms with Crippen LogP contribution in [0.2, 0.25) is 0 Å². The molecule has 0 N–H and O–H groups in total. The molecule has 0 saturated carbocycles. The van der Waals surface area contributed by atoms with Gasteiger partial charge in [-0.05, 0) is 6.07 Å². The number of pyridine rings is 1. The molecule has 0 saturated heterocycles. The summed E-state index contributed by atoms with van der Waals surface area (Å²) < 4.78 is 72.3. The van der Waals surface area contributed by atoms with Crippen molar-refractivity contribution >= 4 is 12.4 Å². The predicted molar refractivity (Wildman–Crippen MR) is 37.9 cm³/mol.